The number of nitrogens with one attached hydrogen (secondary N) is 1. The van der Waals surface area contributed by atoms with Gasteiger partial charge in [-0.25, -0.2) is 4.98 Å². The van der Waals surface area contributed by atoms with Crippen LogP contribution >= 0.6 is 0 Å². The molecule has 0 aliphatic carbocycles. The number of aromatic nitrogens is 2. The molecule has 0 spiro atoms. The van der Waals surface area contributed by atoms with Crippen LogP contribution in [0.4, 0.5) is 0 Å². The first-order chi connectivity index (χ1) is 11.7. The fourth-order valence-corrected chi connectivity index (χ4v) is 3.64. The lowest BCUT2D eigenvalue weighted by atomic mass is 9.94. The number of hydrogen-bond donors (Lipinski definition) is 1. The number of likely N-dealkylation sites (tertiary alicyclic amines) is 2. The van der Waals surface area contributed by atoms with Crippen molar-refractivity contribution in [2.45, 2.75) is 44.1 Å². The lowest BCUT2D eigenvalue weighted by Gasteiger charge is -2.33. The summed E-state index contributed by atoms with van der Waals surface area (Å²) in [4.78, 5) is 35.8. The van der Waals surface area contributed by atoms with Crippen molar-refractivity contribution < 1.29 is 14.3 Å². The molecule has 1 unspecified atom stereocenters. The van der Waals surface area contributed by atoms with Crippen LogP contribution in [0.25, 0.3) is 0 Å². The molecule has 1 atom stereocenters. The molecule has 1 aromatic heterocycles. The minimum Gasteiger partial charge on any atom is -0.372 e. The highest BCUT2D eigenvalue weighted by Crippen LogP contribution is 2.26. The van der Waals surface area contributed by atoms with E-state index in [-0.39, 0.29) is 18.4 Å². The van der Waals surface area contributed by atoms with Gasteiger partial charge < -0.3 is 19.5 Å². The third kappa shape index (κ3) is 3.77. The summed E-state index contributed by atoms with van der Waals surface area (Å²) in [5, 5.41) is 0. The highest BCUT2D eigenvalue weighted by atomic mass is 16.5. The van der Waals surface area contributed by atoms with E-state index in [1.807, 2.05) is 11.1 Å². The SMILES string of the molecule is COC1CCCCN(CC(=O)N2CCC(c3cnc[nH]3)CC2)C1=O. The van der Waals surface area contributed by atoms with Crippen molar-refractivity contribution in [3.8, 4) is 0 Å². The van der Waals surface area contributed by atoms with Gasteiger partial charge >= 0.3 is 0 Å². The molecular formula is C17H26N4O3. The van der Waals surface area contributed by atoms with E-state index in [1.54, 1.807) is 18.3 Å². The number of carbonyl (C=O) groups excluding carboxylic acids is 2. The van der Waals surface area contributed by atoms with Crippen molar-refractivity contribution in [3.63, 3.8) is 0 Å². The van der Waals surface area contributed by atoms with Crippen LogP contribution in [-0.2, 0) is 14.3 Å². The number of amides is 2. The average molecular weight is 334 g/mol. The van der Waals surface area contributed by atoms with Gasteiger partial charge in [-0.15, -0.1) is 0 Å². The molecule has 2 fully saturated rings. The maximum absolute atomic E-state index is 12.6. The van der Waals surface area contributed by atoms with E-state index in [2.05, 4.69) is 9.97 Å². The molecule has 132 valence electrons. The quantitative estimate of drug-likeness (QED) is 0.896. The van der Waals surface area contributed by atoms with E-state index in [0.29, 0.717) is 12.5 Å². The normalized spacial score (nSPS) is 23.4. The second-order valence-electron chi connectivity index (χ2n) is 6.64. The van der Waals surface area contributed by atoms with Crippen LogP contribution in [0.15, 0.2) is 12.5 Å². The van der Waals surface area contributed by atoms with Crippen molar-refractivity contribution >= 4 is 11.8 Å². The van der Waals surface area contributed by atoms with Crippen molar-refractivity contribution in [1.82, 2.24) is 19.8 Å². The van der Waals surface area contributed by atoms with Crippen molar-refractivity contribution in [2.24, 2.45) is 0 Å². The van der Waals surface area contributed by atoms with Crippen LogP contribution in [0.3, 0.4) is 0 Å². The largest absolute Gasteiger partial charge is 0.372 e. The van der Waals surface area contributed by atoms with Gasteiger partial charge in [0.05, 0.1) is 12.9 Å². The summed E-state index contributed by atoms with van der Waals surface area (Å²) in [5.41, 5.74) is 1.15. The lowest BCUT2D eigenvalue weighted by Crippen LogP contribution is -2.47. The number of ether oxygens (including phenoxy) is 1. The Labute approximate surface area is 142 Å². The molecule has 7 nitrogen and oxygen atoms in total. The zero-order chi connectivity index (χ0) is 16.9. The number of aromatic amines is 1. The van der Waals surface area contributed by atoms with Crippen LogP contribution in [0, 0.1) is 0 Å². The monoisotopic (exact) mass is 334 g/mol. The minimum atomic E-state index is -0.397. The molecule has 0 radical (unpaired) electrons. The molecule has 2 amide bonds. The molecular weight excluding hydrogens is 308 g/mol. The number of H-pyrrole nitrogens is 1. The Morgan fingerprint density at radius 1 is 1.29 bits per heavy atom. The number of carbonyl (C=O) groups is 2. The van der Waals surface area contributed by atoms with Gasteiger partial charge in [0, 0.05) is 44.6 Å². The summed E-state index contributed by atoms with van der Waals surface area (Å²) in [5.74, 6) is 0.438. The fraction of sp³-hybridized carbons (Fsp3) is 0.706. The van der Waals surface area contributed by atoms with Crippen LogP contribution in [0.1, 0.15) is 43.7 Å². The van der Waals surface area contributed by atoms with Gasteiger partial charge in [0.15, 0.2) is 0 Å². The predicted molar refractivity (Wildman–Crippen MR) is 88.4 cm³/mol. The molecule has 2 saturated heterocycles. The van der Waals surface area contributed by atoms with Gasteiger partial charge in [0.1, 0.15) is 6.10 Å². The zero-order valence-corrected chi connectivity index (χ0v) is 14.2. The van der Waals surface area contributed by atoms with Crippen LogP contribution < -0.4 is 0 Å². The highest BCUT2D eigenvalue weighted by Gasteiger charge is 2.30. The molecule has 1 N–H and O–H groups in total. The third-order valence-corrected chi connectivity index (χ3v) is 5.15. The summed E-state index contributed by atoms with van der Waals surface area (Å²) < 4.78 is 5.27. The Morgan fingerprint density at radius 3 is 2.75 bits per heavy atom. The van der Waals surface area contributed by atoms with Gasteiger partial charge in [-0.1, -0.05) is 0 Å². The minimum absolute atomic E-state index is 0.0446. The second-order valence-corrected chi connectivity index (χ2v) is 6.64. The first kappa shape index (κ1) is 17.0. The van der Waals surface area contributed by atoms with Gasteiger partial charge in [0.25, 0.3) is 5.91 Å². The number of imidazole rings is 1. The van der Waals surface area contributed by atoms with E-state index in [1.165, 1.54) is 0 Å². The molecule has 0 saturated carbocycles. The van der Waals surface area contributed by atoms with E-state index in [9.17, 15) is 9.59 Å². The third-order valence-electron chi connectivity index (χ3n) is 5.15. The van der Waals surface area contributed by atoms with E-state index >= 15 is 0 Å². The summed E-state index contributed by atoms with van der Waals surface area (Å²) in [6.45, 7) is 2.29. The molecule has 2 aliphatic heterocycles. The Bertz CT molecular complexity index is 552. The van der Waals surface area contributed by atoms with Crippen LogP contribution in [-0.4, -0.2) is 71.0 Å². The molecule has 0 aromatic carbocycles. The first-order valence-corrected chi connectivity index (χ1v) is 8.76. The number of methoxy groups -OCH3 is 1. The maximum Gasteiger partial charge on any atom is 0.252 e. The maximum atomic E-state index is 12.6. The highest BCUT2D eigenvalue weighted by molar-refractivity contribution is 5.87. The molecule has 24 heavy (non-hydrogen) atoms. The fourth-order valence-electron chi connectivity index (χ4n) is 3.64. The Morgan fingerprint density at radius 2 is 2.08 bits per heavy atom. The number of piperidine rings is 1. The van der Waals surface area contributed by atoms with Crippen LogP contribution in [0.5, 0.6) is 0 Å². The molecule has 7 heteroatoms. The van der Waals surface area contributed by atoms with Gasteiger partial charge in [-0.05, 0) is 32.1 Å². The standard InChI is InChI=1S/C17H26N4O3/c1-24-15-4-2-3-7-21(17(15)23)11-16(22)20-8-5-13(6-9-20)14-10-18-12-19-14/h10,12-13,15H,2-9,11H2,1H3,(H,18,19). The number of hydrogen-bond acceptors (Lipinski definition) is 4. The number of rotatable bonds is 4. The Balaban J connectivity index is 1.52. The molecule has 0 bridgehead atoms. The first-order valence-electron chi connectivity index (χ1n) is 8.76. The van der Waals surface area contributed by atoms with Crippen LogP contribution in [0.2, 0.25) is 0 Å². The second kappa shape index (κ2) is 7.79. The zero-order valence-electron chi connectivity index (χ0n) is 14.2. The van der Waals surface area contributed by atoms with Crippen molar-refractivity contribution in [2.75, 3.05) is 33.3 Å². The molecule has 3 rings (SSSR count). The van der Waals surface area contributed by atoms with E-state index < -0.39 is 6.10 Å². The van der Waals surface area contributed by atoms with Crippen molar-refractivity contribution in [1.29, 1.82) is 0 Å². The van der Waals surface area contributed by atoms with E-state index in [4.69, 9.17) is 4.74 Å². The summed E-state index contributed by atoms with van der Waals surface area (Å²) in [6, 6.07) is 0. The molecule has 2 aliphatic rings. The van der Waals surface area contributed by atoms with Gasteiger partial charge in [-0.3, -0.25) is 9.59 Å². The molecule has 1 aromatic rings. The molecule has 3 heterocycles. The Kier molecular flexibility index (Phi) is 5.50. The van der Waals surface area contributed by atoms with Gasteiger partial charge in [-0.2, -0.15) is 0 Å². The topological polar surface area (TPSA) is 78.5 Å². The summed E-state index contributed by atoms with van der Waals surface area (Å²) >= 11 is 0. The van der Waals surface area contributed by atoms with E-state index in [0.717, 1.165) is 50.9 Å². The predicted octanol–water partition coefficient (Wildman–Crippen LogP) is 1.14. The average Bonchev–Trinajstić information content (AvgIpc) is 3.09. The Hall–Kier alpha value is -1.89. The summed E-state index contributed by atoms with van der Waals surface area (Å²) in [6.07, 6.45) is 7.67. The lowest BCUT2D eigenvalue weighted by molar-refractivity contribution is -0.146. The van der Waals surface area contributed by atoms with Gasteiger partial charge in [0.2, 0.25) is 5.91 Å². The smallest absolute Gasteiger partial charge is 0.252 e. The summed E-state index contributed by atoms with van der Waals surface area (Å²) in [7, 11) is 1.56. The number of nitrogens with zero attached hydrogens (tertiary/aromatic N) is 3. The van der Waals surface area contributed by atoms with Crippen molar-refractivity contribution in [3.05, 3.63) is 18.2 Å².